The number of carbonyl (C=O) groups is 1. The lowest BCUT2D eigenvalue weighted by atomic mass is 10.1. The van der Waals surface area contributed by atoms with Gasteiger partial charge in [-0.05, 0) is 45.4 Å². The van der Waals surface area contributed by atoms with Crippen LogP contribution in [0.2, 0.25) is 0 Å². The van der Waals surface area contributed by atoms with Gasteiger partial charge in [-0.15, -0.1) is 0 Å². The average Bonchev–Trinajstić information content (AvgIpc) is 2.31. The molecule has 1 rings (SSSR count). The van der Waals surface area contributed by atoms with Crippen molar-refractivity contribution in [2.45, 2.75) is 38.6 Å². The summed E-state index contributed by atoms with van der Waals surface area (Å²) in [7, 11) is 1.24. The van der Waals surface area contributed by atoms with Crippen LogP contribution in [-0.4, -0.2) is 31.8 Å². The first-order valence-corrected chi connectivity index (χ1v) is 8.46. The van der Waals surface area contributed by atoms with E-state index >= 15 is 0 Å². The molecule has 0 unspecified atom stereocenters. The SMILES string of the molecule is CCN(C(=O)c1cc(S(=O)(=O)Cl)cc(C)c1F)C(C)C. The highest BCUT2D eigenvalue weighted by molar-refractivity contribution is 8.13. The number of halogens is 2. The lowest BCUT2D eigenvalue weighted by Gasteiger charge is -2.25. The quantitative estimate of drug-likeness (QED) is 0.801. The molecule has 0 aromatic heterocycles. The Hall–Kier alpha value is -1.14. The van der Waals surface area contributed by atoms with Gasteiger partial charge in [0.15, 0.2) is 0 Å². The second-order valence-electron chi connectivity index (χ2n) is 4.72. The number of amides is 1. The van der Waals surface area contributed by atoms with Crippen LogP contribution >= 0.6 is 10.7 Å². The standard InChI is InChI=1S/C13H17ClFNO3S/c1-5-16(8(2)3)13(17)11-7-10(20(14,18)19)6-9(4)12(11)15/h6-8H,5H2,1-4H3. The molecule has 4 nitrogen and oxygen atoms in total. The van der Waals surface area contributed by atoms with E-state index in [0.29, 0.717) is 6.54 Å². The highest BCUT2D eigenvalue weighted by Gasteiger charge is 2.24. The van der Waals surface area contributed by atoms with E-state index in [1.54, 1.807) is 20.8 Å². The molecule has 0 saturated heterocycles. The third-order valence-electron chi connectivity index (χ3n) is 2.96. The summed E-state index contributed by atoms with van der Waals surface area (Å²) in [6, 6.07) is 1.97. The number of nitrogens with zero attached hydrogens (tertiary/aromatic N) is 1. The van der Waals surface area contributed by atoms with E-state index in [-0.39, 0.29) is 22.1 Å². The predicted octanol–water partition coefficient (Wildman–Crippen LogP) is 2.93. The van der Waals surface area contributed by atoms with Gasteiger partial charge in [0.25, 0.3) is 15.0 Å². The first-order chi connectivity index (χ1) is 9.09. The molecule has 0 aliphatic rings. The van der Waals surface area contributed by atoms with Crippen molar-refractivity contribution in [3.8, 4) is 0 Å². The molecule has 1 aromatic carbocycles. The number of aryl methyl sites for hydroxylation is 1. The Morgan fingerprint density at radius 2 is 1.95 bits per heavy atom. The van der Waals surface area contributed by atoms with Gasteiger partial charge < -0.3 is 4.90 Å². The van der Waals surface area contributed by atoms with Crippen LogP contribution in [0.25, 0.3) is 0 Å². The van der Waals surface area contributed by atoms with Gasteiger partial charge in [-0.25, -0.2) is 12.8 Å². The molecule has 1 aromatic rings. The Morgan fingerprint density at radius 3 is 2.35 bits per heavy atom. The summed E-state index contributed by atoms with van der Waals surface area (Å²) in [5, 5.41) is 0. The van der Waals surface area contributed by atoms with Gasteiger partial charge in [-0.2, -0.15) is 0 Å². The molecule has 1 amide bonds. The minimum absolute atomic E-state index is 0.0647. The molecule has 0 radical (unpaired) electrons. The molecule has 0 fully saturated rings. The van der Waals surface area contributed by atoms with Crippen LogP contribution in [0.4, 0.5) is 4.39 Å². The van der Waals surface area contributed by atoms with Gasteiger partial charge in [0.2, 0.25) is 0 Å². The van der Waals surface area contributed by atoms with Crippen molar-refractivity contribution in [3.63, 3.8) is 0 Å². The highest BCUT2D eigenvalue weighted by Crippen LogP contribution is 2.23. The average molecular weight is 322 g/mol. The summed E-state index contributed by atoms with van der Waals surface area (Å²) < 4.78 is 36.8. The Labute approximate surface area is 123 Å². The first-order valence-electron chi connectivity index (χ1n) is 6.15. The molecule has 7 heteroatoms. The fourth-order valence-corrected chi connectivity index (χ4v) is 2.77. The molecule has 0 N–H and O–H groups in total. The third kappa shape index (κ3) is 3.49. The number of hydrogen-bond acceptors (Lipinski definition) is 3. The molecule has 0 bridgehead atoms. The van der Waals surface area contributed by atoms with Crippen molar-refractivity contribution in [3.05, 3.63) is 29.1 Å². The first kappa shape index (κ1) is 16.9. The van der Waals surface area contributed by atoms with Gasteiger partial charge in [0.05, 0.1) is 10.5 Å². The van der Waals surface area contributed by atoms with E-state index < -0.39 is 20.8 Å². The second-order valence-corrected chi connectivity index (χ2v) is 7.29. The number of hydrogen-bond donors (Lipinski definition) is 0. The van der Waals surface area contributed by atoms with Crippen molar-refractivity contribution >= 4 is 25.6 Å². The lowest BCUT2D eigenvalue weighted by Crippen LogP contribution is -2.37. The van der Waals surface area contributed by atoms with Crippen LogP contribution in [0, 0.1) is 12.7 Å². The highest BCUT2D eigenvalue weighted by atomic mass is 35.7. The van der Waals surface area contributed by atoms with Crippen LogP contribution in [-0.2, 0) is 9.05 Å². The molecular formula is C13H17ClFNO3S. The summed E-state index contributed by atoms with van der Waals surface area (Å²) in [4.78, 5) is 13.5. The molecule has 0 atom stereocenters. The smallest absolute Gasteiger partial charge is 0.261 e. The van der Waals surface area contributed by atoms with E-state index in [1.807, 2.05) is 0 Å². The molecule has 0 saturated carbocycles. The van der Waals surface area contributed by atoms with Crippen molar-refractivity contribution in [2.24, 2.45) is 0 Å². The topological polar surface area (TPSA) is 54.5 Å². The van der Waals surface area contributed by atoms with Gasteiger partial charge in [0, 0.05) is 23.3 Å². The van der Waals surface area contributed by atoms with Gasteiger partial charge in [-0.3, -0.25) is 4.79 Å². The van der Waals surface area contributed by atoms with Gasteiger partial charge in [-0.1, -0.05) is 0 Å². The summed E-state index contributed by atoms with van der Waals surface area (Å²) in [6.45, 7) is 7.16. The van der Waals surface area contributed by atoms with Crippen LogP contribution in [0.3, 0.4) is 0 Å². The fraction of sp³-hybridized carbons (Fsp3) is 0.462. The second kappa shape index (κ2) is 6.10. The summed E-state index contributed by atoms with van der Waals surface area (Å²) >= 11 is 0. The maximum atomic E-state index is 14.1. The Morgan fingerprint density at radius 1 is 1.40 bits per heavy atom. The Bertz CT molecular complexity index is 629. The van der Waals surface area contributed by atoms with Gasteiger partial charge >= 0.3 is 0 Å². The van der Waals surface area contributed by atoms with Crippen molar-refractivity contribution in [1.82, 2.24) is 4.90 Å². The monoisotopic (exact) mass is 321 g/mol. The molecule has 0 heterocycles. The van der Waals surface area contributed by atoms with Crippen LogP contribution < -0.4 is 0 Å². The summed E-state index contributed by atoms with van der Waals surface area (Å²) in [5.74, 6) is -1.27. The van der Waals surface area contributed by atoms with E-state index in [9.17, 15) is 17.6 Å². The predicted molar refractivity (Wildman–Crippen MR) is 76.0 cm³/mol. The largest absolute Gasteiger partial charge is 0.336 e. The molecule has 0 aliphatic heterocycles. The number of benzene rings is 1. The summed E-state index contributed by atoms with van der Waals surface area (Å²) in [5.41, 5.74) is -0.213. The molecule has 20 heavy (non-hydrogen) atoms. The van der Waals surface area contributed by atoms with Crippen molar-refractivity contribution in [2.75, 3.05) is 6.54 Å². The van der Waals surface area contributed by atoms with E-state index in [4.69, 9.17) is 10.7 Å². The zero-order valence-electron chi connectivity index (χ0n) is 11.8. The maximum absolute atomic E-state index is 14.1. The fourth-order valence-electron chi connectivity index (χ4n) is 1.93. The van der Waals surface area contributed by atoms with E-state index in [1.165, 1.54) is 11.8 Å². The van der Waals surface area contributed by atoms with E-state index in [0.717, 1.165) is 12.1 Å². The molecular weight excluding hydrogens is 305 g/mol. The van der Waals surface area contributed by atoms with E-state index in [2.05, 4.69) is 0 Å². The normalized spacial score (nSPS) is 11.8. The zero-order valence-corrected chi connectivity index (χ0v) is 13.3. The number of carbonyl (C=O) groups excluding carboxylic acids is 1. The van der Waals surface area contributed by atoms with Crippen molar-refractivity contribution in [1.29, 1.82) is 0 Å². The molecule has 0 aliphatic carbocycles. The number of rotatable bonds is 4. The maximum Gasteiger partial charge on any atom is 0.261 e. The minimum Gasteiger partial charge on any atom is -0.336 e. The summed E-state index contributed by atoms with van der Waals surface area (Å²) in [6.07, 6.45) is 0. The van der Waals surface area contributed by atoms with Crippen LogP contribution in [0.1, 0.15) is 36.7 Å². The van der Waals surface area contributed by atoms with Crippen LogP contribution in [0.5, 0.6) is 0 Å². The van der Waals surface area contributed by atoms with Gasteiger partial charge in [0.1, 0.15) is 5.82 Å². The van der Waals surface area contributed by atoms with Crippen LogP contribution in [0.15, 0.2) is 17.0 Å². The molecule has 112 valence electrons. The third-order valence-corrected chi connectivity index (χ3v) is 4.30. The lowest BCUT2D eigenvalue weighted by molar-refractivity contribution is 0.0711. The minimum atomic E-state index is -4.02. The zero-order chi connectivity index (χ0) is 15.7. The molecule has 0 spiro atoms. The Kier molecular flexibility index (Phi) is 5.15. The van der Waals surface area contributed by atoms with Crippen molar-refractivity contribution < 1.29 is 17.6 Å². The Balaban J connectivity index is 3.45.